The Morgan fingerprint density at radius 3 is 2.62 bits per heavy atom. The largest absolute Gasteiger partial charge is 0.381 e. The van der Waals surface area contributed by atoms with Gasteiger partial charge >= 0.3 is 0 Å². The maximum Gasteiger partial charge on any atom is 0.0507 e. The summed E-state index contributed by atoms with van der Waals surface area (Å²) >= 11 is 0. The van der Waals surface area contributed by atoms with E-state index in [1.807, 2.05) is 0 Å². The van der Waals surface area contributed by atoms with Gasteiger partial charge in [-0.2, -0.15) is 0 Å². The van der Waals surface area contributed by atoms with Gasteiger partial charge in [-0.05, 0) is 64.2 Å². The van der Waals surface area contributed by atoms with Crippen LogP contribution in [0.5, 0.6) is 0 Å². The van der Waals surface area contributed by atoms with Crippen molar-refractivity contribution in [2.24, 2.45) is 11.8 Å². The average molecular weight is 226 g/mol. The third-order valence-corrected chi connectivity index (χ3v) is 4.05. The first kappa shape index (κ1) is 12.3. The first-order chi connectivity index (χ1) is 7.88. The standard InChI is InChI=1S/C13H26N2O/c1-14-6-2-12-3-7-15(8-4-12)10-13-5-9-16-11-13/h12-14H,2-11H2,1H3. The first-order valence-corrected chi connectivity index (χ1v) is 6.83. The van der Waals surface area contributed by atoms with Gasteiger partial charge in [0.15, 0.2) is 0 Å². The molecule has 0 saturated carbocycles. The van der Waals surface area contributed by atoms with Gasteiger partial charge < -0.3 is 15.0 Å². The molecule has 0 aromatic carbocycles. The quantitative estimate of drug-likeness (QED) is 0.766. The SMILES string of the molecule is CNCCC1CCN(CC2CCOC2)CC1. The Bertz CT molecular complexity index is 184. The van der Waals surface area contributed by atoms with E-state index in [0.717, 1.165) is 25.0 Å². The van der Waals surface area contributed by atoms with Crippen molar-refractivity contribution in [2.75, 3.05) is 46.4 Å². The van der Waals surface area contributed by atoms with Crippen LogP contribution in [0.4, 0.5) is 0 Å². The zero-order valence-corrected chi connectivity index (χ0v) is 10.6. The Hall–Kier alpha value is -0.120. The van der Waals surface area contributed by atoms with Gasteiger partial charge in [-0.1, -0.05) is 0 Å². The van der Waals surface area contributed by atoms with Gasteiger partial charge in [-0.15, -0.1) is 0 Å². The third kappa shape index (κ3) is 3.72. The predicted octanol–water partition coefficient (Wildman–Crippen LogP) is 1.34. The lowest BCUT2D eigenvalue weighted by Gasteiger charge is -2.33. The van der Waals surface area contributed by atoms with Crippen LogP contribution in [0.25, 0.3) is 0 Å². The van der Waals surface area contributed by atoms with E-state index in [1.165, 1.54) is 51.9 Å². The smallest absolute Gasteiger partial charge is 0.0507 e. The first-order valence-electron chi connectivity index (χ1n) is 6.83. The number of hydrogen-bond acceptors (Lipinski definition) is 3. The zero-order valence-electron chi connectivity index (χ0n) is 10.6. The Labute approximate surface area is 99.5 Å². The monoisotopic (exact) mass is 226 g/mol. The van der Waals surface area contributed by atoms with E-state index in [-0.39, 0.29) is 0 Å². The van der Waals surface area contributed by atoms with Crippen LogP contribution >= 0.6 is 0 Å². The molecule has 0 aromatic rings. The Morgan fingerprint density at radius 1 is 1.19 bits per heavy atom. The summed E-state index contributed by atoms with van der Waals surface area (Å²) < 4.78 is 5.44. The molecule has 1 N–H and O–H groups in total. The van der Waals surface area contributed by atoms with Crippen molar-refractivity contribution in [1.82, 2.24) is 10.2 Å². The molecule has 1 atom stereocenters. The van der Waals surface area contributed by atoms with E-state index in [1.54, 1.807) is 0 Å². The van der Waals surface area contributed by atoms with Gasteiger partial charge in [0, 0.05) is 13.2 Å². The molecule has 3 heteroatoms. The minimum absolute atomic E-state index is 0.814. The molecule has 2 aliphatic heterocycles. The minimum atomic E-state index is 0.814. The van der Waals surface area contributed by atoms with Crippen molar-refractivity contribution in [2.45, 2.75) is 25.7 Å². The van der Waals surface area contributed by atoms with Crippen LogP contribution in [0, 0.1) is 11.8 Å². The second kappa shape index (κ2) is 6.58. The number of piperidine rings is 1. The van der Waals surface area contributed by atoms with E-state index in [9.17, 15) is 0 Å². The second-order valence-electron chi connectivity index (χ2n) is 5.37. The molecule has 16 heavy (non-hydrogen) atoms. The molecule has 2 rings (SSSR count). The van der Waals surface area contributed by atoms with E-state index in [0.29, 0.717) is 0 Å². The van der Waals surface area contributed by atoms with Crippen molar-refractivity contribution in [1.29, 1.82) is 0 Å². The molecule has 0 amide bonds. The summed E-state index contributed by atoms with van der Waals surface area (Å²) in [4.78, 5) is 2.65. The van der Waals surface area contributed by atoms with Crippen LogP contribution in [0.15, 0.2) is 0 Å². The molecular weight excluding hydrogens is 200 g/mol. The van der Waals surface area contributed by atoms with E-state index >= 15 is 0 Å². The second-order valence-corrected chi connectivity index (χ2v) is 5.37. The van der Waals surface area contributed by atoms with Crippen LogP contribution in [-0.4, -0.2) is 51.3 Å². The fourth-order valence-corrected chi connectivity index (χ4v) is 2.90. The normalized spacial score (nSPS) is 28.7. The van der Waals surface area contributed by atoms with Crippen molar-refractivity contribution in [3.63, 3.8) is 0 Å². The molecule has 0 aliphatic carbocycles. The molecule has 3 nitrogen and oxygen atoms in total. The molecule has 2 fully saturated rings. The molecule has 0 radical (unpaired) electrons. The van der Waals surface area contributed by atoms with Crippen LogP contribution in [0.1, 0.15) is 25.7 Å². The zero-order chi connectivity index (χ0) is 11.2. The van der Waals surface area contributed by atoms with Gasteiger partial charge in [0.05, 0.1) is 6.61 Å². The fourth-order valence-electron chi connectivity index (χ4n) is 2.90. The summed E-state index contributed by atoms with van der Waals surface area (Å²) in [5.41, 5.74) is 0. The molecule has 0 spiro atoms. The summed E-state index contributed by atoms with van der Waals surface area (Å²) in [5.74, 6) is 1.78. The lowest BCUT2D eigenvalue weighted by atomic mass is 9.93. The number of nitrogens with one attached hydrogen (secondary N) is 1. The molecule has 0 aromatic heterocycles. The molecular formula is C13H26N2O. The van der Waals surface area contributed by atoms with E-state index < -0.39 is 0 Å². The topological polar surface area (TPSA) is 24.5 Å². The Morgan fingerprint density at radius 2 is 2.00 bits per heavy atom. The number of hydrogen-bond donors (Lipinski definition) is 1. The van der Waals surface area contributed by atoms with Gasteiger partial charge in [-0.25, -0.2) is 0 Å². The average Bonchev–Trinajstić information content (AvgIpc) is 2.81. The van der Waals surface area contributed by atoms with E-state index in [2.05, 4.69) is 17.3 Å². The summed E-state index contributed by atoms with van der Waals surface area (Å²) in [7, 11) is 2.05. The molecule has 1 unspecified atom stereocenters. The highest BCUT2D eigenvalue weighted by Crippen LogP contribution is 2.22. The van der Waals surface area contributed by atoms with Crippen LogP contribution in [-0.2, 0) is 4.74 Å². The molecule has 94 valence electrons. The Balaban J connectivity index is 1.60. The summed E-state index contributed by atoms with van der Waals surface area (Å²) in [6, 6.07) is 0. The van der Waals surface area contributed by atoms with Crippen LogP contribution in [0.2, 0.25) is 0 Å². The summed E-state index contributed by atoms with van der Waals surface area (Å²) in [5, 5.41) is 3.25. The highest BCUT2D eigenvalue weighted by Gasteiger charge is 2.23. The van der Waals surface area contributed by atoms with Gasteiger partial charge in [0.25, 0.3) is 0 Å². The number of nitrogens with zero attached hydrogens (tertiary/aromatic N) is 1. The lowest BCUT2D eigenvalue weighted by molar-refractivity contribution is 0.138. The number of likely N-dealkylation sites (tertiary alicyclic amines) is 1. The summed E-state index contributed by atoms with van der Waals surface area (Å²) in [6.45, 7) is 7.07. The van der Waals surface area contributed by atoms with Gasteiger partial charge in [0.2, 0.25) is 0 Å². The van der Waals surface area contributed by atoms with Crippen molar-refractivity contribution < 1.29 is 4.74 Å². The highest BCUT2D eigenvalue weighted by molar-refractivity contribution is 4.76. The third-order valence-electron chi connectivity index (χ3n) is 4.05. The predicted molar refractivity (Wildman–Crippen MR) is 66.6 cm³/mol. The van der Waals surface area contributed by atoms with Crippen LogP contribution < -0.4 is 5.32 Å². The Kier molecular flexibility index (Phi) is 5.07. The number of rotatable bonds is 5. The highest BCUT2D eigenvalue weighted by atomic mass is 16.5. The minimum Gasteiger partial charge on any atom is -0.381 e. The van der Waals surface area contributed by atoms with Crippen molar-refractivity contribution in [3.8, 4) is 0 Å². The summed E-state index contributed by atoms with van der Waals surface area (Å²) in [6.07, 6.45) is 5.43. The molecule has 2 aliphatic rings. The van der Waals surface area contributed by atoms with Gasteiger partial charge in [0.1, 0.15) is 0 Å². The molecule has 0 bridgehead atoms. The van der Waals surface area contributed by atoms with Crippen molar-refractivity contribution >= 4 is 0 Å². The fraction of sp³-hybridized carbons (Fsp3) is 1.00. The maximum absolute atomic E-state index is 5.44. The van der Waals surface area contributed by atoms with Crippen LogP contribution in [0.3, 0.4) is 0 Å². The lowest BCUT2D eigenvalue weighted by Crippen LogP contribution is -2.37. The molecule has 2 heterocycles. The van der Waals surface area contributed by atoms with Crippen molar-refractivity contribution in [3.05, 3.63) is 0 Å². The van der Waals surface area contributed by atoms with E-state index in [4.69, 9.17) is 4.74 Å². The maximum atomic E-state index is 5.44. The van der Waals surface area contributed by atoms with Gasteiger partial charge in [-0.3, -0.25) is 0 Å². The molecule has 2 saturated heterocycles. The number of ether oxygens (including phenoxy) is 1.